The third kappa shape index (κ3) is 3.50. The number of ether oxygens (including phenoxy) is 1. The molecular weight excluding hydrogens is 316 g/mol. The van der Waals surface area contributed by atoms with Gasteiger partial charge in [0.1, 0.15) is 5.75 Å². The number of halogens is 5. The summed E-state index contributed by atoms with van der Waals surface area (Å²) in [5.41, 5.74) is 1.28. The summed E-state index contributed by atoms with van der Waals surface area (Å²) >= 11 is 17.9. The van der Waals surface area contributed by atoms with Crippen LogP contribution in [0.25, 0.3) is 11.1 Å². The van der Waals surface area contributed by atoms with Gasteiger partial charge in [-0.3, -0.25) is 0 Å². The van der Waals surface area contributed by atoms with Crippen LogP contribution in [0.2, 0.25) is 15.1 Å². The highest BCUT2D eigenvalue weighted by Crippen LogP contribution is 2.36. The molecule has 0 saturated heterocycles. The predicted molar refractivity (Wildman–Crippen MR) is 73.5 cm³/mol. The Balaban J connectivity index is 2.40. The minimum absolute atomic E-state index is 0.00571. The van der Waals surface area contributed by atoms with Crippen molar-refractivity contribution in [3.05, 3.63) is 51.5 Å². The summed E-state index contributed by atoms with van der Waals surface area (Å²) < 4.78 is 28.4. The van der Waals surface area contributed by atoms with E-state index < -0.39 is 6.61 Å². The fourth-order valence-electron chi connectivity index (χ4n) is 1.60. The standard InChI is InChI=1S/C13H7Cl3F2O/c14-7-1-3-9(11(15)5-7)10-4-2-8(6-12(10)16)19-13(17)18/h1-6,13H. The van der Waals surface area contributed by atoms with Crippen LogP contribution in [0.4, 0.5) is 8.78 Å². The van der Waals surface area contributed by atoms with Crippen LogP contribution < -0.4 is 4.74 Å². The average molecular weight is 324 g/mol. The Morgan fingerprint density at radius 2 is 1.42 bits per heavy atom. The first-order valence-electron chi connectivity index (χ1n) is 5.17. The van der Waals surface area contributed by atoms with E-state index in [0.717, 1.165) is 0 Å². The summed E-state index contributed by atoms with van der Waals surface area (Å²) in [5.74, 6) is -0.00571. The van der Waals surface area contributed by atoms with E-state index in [1.54, 1.807) is 24.3 Å². The van der Waals surface area contributed by atoms with E-state index in [2.05, 4.69) is 4.74 Å². The topological polar surface area (TPSA) is 9.23 Å². The highest BCUT2D eigenvalue weighted by Gasteiger charge is 2.11. The third-order valence-electron chi connectivity index (χ3n) is 2.39. The number of hydrogen-bond acceptors (Lipinski definition) is 1. The third-order valence-corrected chi connectivity index (χ3v) is 3.25. The summed E-state index contributed by atoms with van der Waals surface area (Å²) in [5, 5.41) is 1.20. The molecule has 100 valence electrons. The van der Waals surface area contributed by atoms with Gasteiger partial charge in [0.05, 0.1) is 5.02 Å². The molecule has 0 N–H and O–H groups in total. The lowest BCUT2D eigenvalue weighted by atomic mass is 10.1. The lowest BCUT2D eigenvalue weighted by molar-refractivity contribution is -0.0498. The van der Waals surface area contributed by atoms with Gasteiger partial charge in [0.15, 0.2) is 0 Å². The van der Waals surface area contributed by atoms with E-state index in [9.17, 15) is 8.78 Å². The van der Waals surface area contributed by atoms with Gasteiger partial charge in [-0.15, -0.1) is 0 Å². The molecular formula is C13H7Cl3F2O. The highest BCUT2D eigenvalue weighted by molar-refractivity contribution is 6.38. The van der Waals surface area contributed by atoms with E-state index in [4.69, 9.17) is 34.8 Å². The van der Waals surface area contributed by atoms with Gasteiger partial charge >= 0.3 is 6.61 Å². The Hall–Kier alpha value is -1.03. The molecule has 0 saturated carbocycles. The van der Waals surface area contributed by atoms with Crippen molar-refractivity contribution in [1.82, 2.24) is 0 Å². The molecule has 2 aromatic carbocycles. The Labute approximate surface area is 123 Å². The number of hydrogen-bond donors (Lipinski definition) is 0. The first-order chi connectivity index (χ1) is 8.97. The molecule has 0 aromatic heterocycles. The van der Waals surface area contributed by atoms with E-state index in [0.29, 0.717) is 21.2 Å². The zero-order chi connectivity index (χ0) is 14.0. The molecule has 2 aromatic rings. The molecule has 0 spiro atoms. The molecule has 19 heavy (non-hydrogen) atoms. The zero-order valence-electron chi connectivity index (χ0n) is 9.34. The maximum atomic E-state index is 12.1. The maximum Gasteiger partial charge on any atom is 0.387 e. The summed E-state index contributed by atoms with van der Waals surface area (Å²) in [4.78, 5) is 0. The van der Waals surface area contributed by atoms with Crippen molar-refractivity contribution in [2.45, 2.75) is 6.61 Å². The van der Waals surface area contributed by atoms with E-state index in [1.165, 1.54) is 12.1 Å². The molecule has 0 aliphatic carbocycles. The van der Waals surface area contributed by atoms with Crippen molar-refractivity contribution >= 4 is 34.8 Å². The van der Waals surface area contributed by atoms with Gasteiger partial charge < -0.3 is 4.74 Å². The van der Waals surface area contributed by atoms with Crippen molar-refractivity contribution in [2.24, 2.45) is 0 Å². The number of alkyl halides is 2. The van der Waals surface area contributed by atoms with Gasteiger partial charge in [0, 0.05) is 21.2 Å². The van der Waals surface area contributed by atoms with Crippen LogP contribution in [0, 0.1) is 0 Å². The Kier molecular flexibility index (Phi) is 4.50. The molecule has 0 amide bonds. The predicted octanol–water partition coefficient (Wildman–Crippen LogP) is 5.92. The first-order valence-corrected chi connectivity index (χ1v) is 6.30. The van der Waals surface area contributed by atoms with Crippen LogP contribution in [0.1, 0.15) is 0 Å². The smallest absolute Gasteiger partial charge is 0.387 e. The molecule has 2 rings (SSSR count). The SMILES string of the molecule is FC(F)Oc1ccc(-c2ccc(Cl)cc2Cl)c(Cl)c1. The van der Waals surface area contributed by atoms with Crippen LogP contribution in [0.15, 0.2) is 36.4 Å². The van der Waals surface area contributed by atoms with E-state index >= 15 is 0 Å². The minimum Gasteiger partial charge on any atom is -0.435 e. The van der Waals surface area contributed by atoms with Gasteiger partial charge in [0.2, 0.25) is 0 Å². The van der Waals surface area contributed by atoms with Crippen molar-refractivity contribution in [1.29, 1.82) is 0 Å². The van der Waals surface area contributed by atoms with Crippen LogP contribution in [-0.2, 0) is 0 Å². The molecule has 1 nitrogen and oxygen atoms in total. The van der Waals surface area contributed by atoms with Gasteiger partial charge in [-0.1, -0.05) is 40.9 Å². The van der Waals surface area contributed by atoms with Gasteiger partial charge in [-0.25, -0.2) is 0 Å². The quantitative estimate of drug-likeness (QED) is 0.681. The number of benzene rings is 2. The monoisotopic (exact) mass is 322 g/mol. The second-order valence-electron chi connectivity index (χ2n) is 3.64. The van der Waals surface area contributed by atoms with E-state index in [1.807, 2.05) is 0 Å². The van der Waals surface area contributed by atoms with Crippen molar-refractivity contribution in [3.8, 4) is 16.9 Å². The van der Waals surface area contributed by atoms with E-state index in [-0.39, 0.29) is 10.8 Å². The summed E-state index contributed by atoms with van der Waals surface area (Å²) in [6.45, 7) is -2.89. The van der Waals surface area contributed by atoms with Crippen molar-refractivity contribution < 1.29 is 13.5 Å². The normalized spacial score (nSPS) is 10.8. The van der Waals surface area contributed by atoms with Gasteiger partial charge in [-0.2, -0.15) is 8.78 Å². The first kappa shape index (κ1) is 14.4. The summed E-state index contributed by atoms with van der Waals surface area (Å²) in [7, 11) is 0. The Bertz CT molecular complexity index is 602. The fourth-order valence-corrected chi connectivity index (χ4v) is 2.38. The van der Waals surface area contributed by atoms with Crippen LogP contribution >= 0.6 is 34.8 Å². The van der Waals surface area contributed by atoms with Crippen LogP contribution in [0.3, 0.4) is 0 Å². The molecule has 0 aliphatic heterocycles. The van der Waals surface area contributed by atoms with Gasteiger partial charge in [-0.05, 0) is 30.3 Å². The van der Waals surface area contributed by atoms with Crippen LogP contribution in [0.5, 0.6) is 5.75 Å². The molecule has 0 radical (unpaired) electrons. The number of rotatable bonds is 3. The average Bonchev–Trinajstić information content (AvgIpc) is 2.30. The Morgan fingerprint density at radius 1 is 0.842 bits per heavy atom. The van der Waals surface area contributed by atoms with Crippen molar-refractivity contribution in [2.75, 3.05) is 0 Å². The minimum atomic E-state index is -2.89. The summed E-state index contributed by atoms with van der Waals surface area (Å²) in [6, 6.07) is 9.24. The molecule has 0 fully saturated rings. The molecule has 0 aliphatic rings. The molecule has 0 bridgehead atoms. The summed E-state index contributed by atoms with van der Waals surface area (Å²) in [6.07, 6.45) is 0. The molecule has 0 heterocycles. The largest absolute Gasteiger partial charge is 0.435 e. The highest BCUT2D eigenvalue weighted by atomic mass is 35.5. The second kappa shape index (κ2) is 5.95. The molecule has 0 unspecified atom stereocenters. The second-order valence-corrected chi connectivity index (χ2v) is 4.90. The lowest BCUT2D eigenvalue weighted by Crippen LogP contribution is -2.01. The molecule has 6 heteroatoms. The van der Waals surface area contributed by atoms with Gasteiger partial charge in [0.25, 0.3) is 0 Å². The zero-order valence-corrected chi connectivity index (χ0v) is 11.6. The lowest BCUT2D eigenvalue weighted by Gasteiger charge is -2.10. The van der Waals surface area contributed by atoms with Crippen molar-refractivity contribution in [3.63, 3.8) is 0 Å². The Morgan fingerprint density at radius 3 is 1.95 bits per heavy atom. The van der Waals surface area contributed by atoms with Crippen LogP contribution in [-0.4, -0.2) is 6.61 Å². The fraction of sp³-hybridized carbons (Fsp3) is 0.0769. The maximum absolute atomic E-state index is 12.1. The molecule has 0 atom stereocenters.